The van der Waals surface area contributed by atoms with Gasteiger partial charge in [-0.25, -0.2) is 16.8 Å². The third-order valence-electron chi connectivity index (χ3n) is 6.30. The van der Waals surface area contributed by atoms with Crippen LogP contribution >= 0.6 is 0 Å². The molecule has 0 amide bonds. The SMILES string of the molecule is O=S(=O)(Cc1ccc2c(c1)Cc1cc(CS(=O)(=O)Nc3ccc(O)cc3)ccc1C2)Nc1ccc(O)cc1. The zero-order chi connectivity index (χ0) is 26.9. The fourth-order valence-electron chi connectivity index (χ4n) is 4.55. The fourth-order valence-corrected chi connectivity index (χ4v) is 6.92. The fraction of sp³-hybridized carbons (Fsp3) is 0.143. The van der Waals surface area contributed by atoms with E-state index in [1.165, 1.54) is 48.5 Å². The van der Waals surface area contributed by atoms with Gasteiger partial charge in [-0.05, 0) is 94.8 Å². The maximum Gasteiger partial charge on any atom is 0.236 e. The zero-order valence-corrected chi connectivity index (χ0v) is 21.9. The summed E-state index contributed by atoms with van der Waals surface area (Å²) < 4.78 is 55.8. The van der Waals surface area contributed by atoms with Gasteiger partial charge < -0.3 is 10.2 Å². The van der Waals surface area contributed by atoms with Gasteiger partial charge in [0.2, 0.25) is 20.0 Å². The number of benzene rings is 4. The van der Waals surface area contributed by atoms with Gasteiger partial charge in [0.15, 0.2) is 0 Å². The highest BCUT2D eigenvalue weighted by Gasteiger charge is 2.20. The van der Waals surface area contributed by atoms with Crippen LogP contribution in [0.15, 0.2) is 84.9 Å². The van der Waals surface area contributed by atoms with Gasteiger partial charge in [0.25, 0.3) is 0 Å². The molecule has 0 atom stereocenters. The van der Waals surface area contributed by atoms with Gasteiger partial charge in [-0.15, -0.1) is 0 Å². The van der Waals surface area contributed by atoms with Crippen LogP contribution in [0, 0.1) is 0 Å². The van der Waals surface area contributed by atoms with Crippen LogP contribution in [0.5, 0.6) is 11.5 Å². The molecule has 0 bridgehead atoms. The van der Waals surface area contributed by atoms with Crippen molar-refractivity contribution in [2.45, 2.75) is 24.3 Å². The summed E-state index contributed by atoms with van der Waals surface area (Å²) in [6.45, 7) is 0. The highest BCUT2D eigenvalue weighted by molar-refractivity contribution is 7.92. The molecular weight excluding hydrogens is 524 g/mol. The van der Waals surface area contributed by atoms with Crippen molar-refractivity contribution in [1.29, 1.82) is 0 Å². The van der Waals surface area contributed by atoms with Crippen LogP contribution in [0.3, 0.4) is 0 Å². The van der Waals surface area contributed by atoms with Crippen molar-refractivity contribution < 1.29 is 27.0 Å². The van der Waals surface area contributed by atoms with Crippen LogP contribution in [0.25, 0.3) is 0 Å². The Morgan fingerprint density at radius 1 is 0.526 bits per heavy atom. The van der Waals surface area contributed by atoms with E-state index in [-0.39, 0.29) is 23.0 Å². The van der Waals surface area contributed by atoms with Crippen LogP contribution in [0.4, 0.5) is 11.4 Å². The molecule has 1 aliphatic carbocycles. The maximum absolute atomic E-state index is 12.7. The Hall–Kier alpha value is -4.02. The second-order valence-corrected chi connectivity index (χ2v) is 12.8. The Kier molecular flexibility index (Phi) is 6.77. The number of phenols is 2. The number of sulfonamides is 2. The minimum absolute atomic E-state index is 0.0530. The summed E-state index contributed by atoms with van der Waals surface area (Å²) in [6, 6.07) is 22.9. The molecule has 5 rings (SSSR count). The van der Waals surface area contributed by atoms with Crippen LogP contribution in [0.1, 0.15) is 33.4 Å². The van der Waals surface area contributed by atoms with E-state index in [0.717, 1.165) is 22.3 Å². The van der Waals surface area contributed by atoms with Crippen LogP contribution < -0.4 is 9.44 Å². The van der Waals surface area contributed by atoms with Gasteiger partial charge in [0, 0.05) is 11.4 Å². The molecule has 0 heterocycles. The van der Waals surface area contributed by atoms with Crippen molar-refractivity contribution >= 4 is 31.4 Å². The molecule has 0 unspecified atom stereocenters. The van der Waals surface area contributed by atoms with E-state index in [9.17, 15) is 27.0 Å². The van der Waals surface area contributed by atoms with Gasteiger partial charge in [0.05, 0.1) is 11.5 Å². The van der Waals surface area contributed by atoms with E-state index in [0.29, 0.717) is 35.3 Å². The second-order valence-electron chi connectivity index (χ2n) is 9.38. The van der Waals surface area contributed by atoms with Gasteiger partial charge >= 0.3 is 0 Å². The Balaban J connectivity index is 1.29. The average Bonchev–Trinajstić information content (AvgIpc) is 2.85. The molecule has 8 nitrogen and oxygen atoms in total. The van der Waals surface area contributed by atoms with Crippen LogP contribution in [-0.2, 0) is 44.4 Å². The van der Waals surface area contributed by atoms with Crippen molar-refractivity contribution in [1.82, 2.24) is 0 Å². The molecular formula is C28H26N2O6S2. The predicted octanol–water partition coefficient (Wildman–Crippen LogP) is 4.48. The van der Waals surface area contributed by atoms with Gasteiger partial charge in [-0.1, -0.05) is 36.4 Å². The van der Waals surface area contributed by atoms with Gasteiger partial charge in [-0.2, -0.15) is 0 Å². The standard InChI is InChI=1S/C28H26N2O6S2/c31-27-9-5-25(6-10-27)29-37(33,34)17-19-1-3-21-15-22-4-2-20(14-24(22)16-23(21)13-19)18-38(35,36)30-26-7-11-28(32)12-8-26/h1-14,29-32H,15-18H2. The quantitative estimate of drug-likeness (QED) is 0.211. The Morgan fingerprint density at radius 3 is 1.29 bits per heavy atom. The minimum Gasteiger partial charge on any atom is -0.508 e. The largest absolute Gasteiger partial charge is 0.508 e. The molecule has 0 fully saturated rings. The van der Waals surface area contributed by atoms with E-state index in [2.05, 4.69) is 9.44 Å². The van der Waals surface area contributed by atoms with Gasteiger partial charge in [0.1, 0.15) is 11.5 Å². The van der Waals surface area contributed by atoms with Crippen molar-refractivity contribution in [3.63, 3.8) is 0 Å². The smallest absolute Gasteiger partial charge is 0.236 e. The topological polar surface area (TPSA) is 133 Å². The summed E-state index contributed by atoms with van der Waals surface area (Å²) in [5.74, 6) is -0.292. The molecule has 0 aliphatic heterocycles. The minimum atomic E-state index is -3.66. The van der Waals surface area contributed by atoms with Crippen molar-refractivity contribution in [2.75, 3.05) is 9.44 Å². The average molecular weight is 551 g/mol. The number of nitrogens with one attached hydrogen (secondary N) is 2. The lowest BCUT2D eigenvalue weighted by Crippen LogP contribution is -2.16. The van der Waals surface area contributed by atoms with Crippen molar-refractivity contribution in [3.05, 3.63) is 118 Å². The number of fused-ring (bicyclic) bond motifs is 2. The molecule has 196 valence electrons. The predicted molar refractivity (Wildman–Crippen MR) is 147 cm³/mol. The third kappa shape index (κ3) is 6.27. The lowest BCUT2D eigenvalue weighted by Gasteiger charge is -2.21. The van der Waals surface area contributed by atoms with Crippen LogP contribution in [-0.4, -0.2) is 27.0 Å². The Labute approximate surface area is 221 Å². The van der Waals surface area contributed by atoms with E-state index in [1.807, 2.05) is 36.4 Å². The zero-order valence-electron chi connectivity index (χ0n) is 20.3. The summed E-state index contributed by atoms with van der Waals surface area (Å²) >= 11 is 0. The molecule has 0 aromatic heterocycles. The van der Waals surface area contributed by atoms with E-state index >= 15 is 0 Å². The molecule has 0 radical (unpaired) electrons. The molecule has 38 heavy (non-hydrogen) atoms. The first-order chi connectivity index (χ1) is 18.0. The third-order valence-corrected chi connectivity index (χ3v) is 8.82. The Bertz CT molecular complexity index is 1570. The summed E-state index contributed by atoms with van der Waals surface area (Å²) in [6.07, 6.45) is 1.26. The van der Waals surface area contributed by atoms with Crippen LogP contribution in [0.2, 0.25) is 0 Å². The van der Waals surface area contributed by atoms with Gasteiger partial charge in [-0.3, -0.25) is 9.44 Å². The first-order valence-electron chi connectivity index (χ1n) is 11.8. The van der Waals surface area contributed by atoms with E-state index < -0.39 is 20.0 Å². The monoisotopic (exact) mass is 550 g/mol. The lowest BCUT2D eigenvalue weighted by atomic mass is 9.84. The number of hydrogen-bond acceptors (Lipinski definition) is 6. The molecule has 4 aromatic rings. The molecule has 0 saturated heterocycles. The van der Waals surface area contributed by atoms with Crippen molar-refractivity contribution in [3.8, 4) is 11.5 Å². The molecule has 0 spiro atoms. The number of aromatic hydroxyl groups is 2. The first kappa shape index (κ1) is 25.6. The number of phenolic OH excluding ortho intramolecular Hbond substituents is 2. The molecule has 1 aliphatic rings. The van der Waals surface area contributed by atoms with E-state index in [4.69, 9.17) is 0 Å². The first-order valence-corrected chi connectivity index (χ1v) is 15.1. The van der Waals surface area contributed by atoms with E-state index in [1.54, 1.807) is 0 Å². The highest BCUT2D eigenvalue weighted by Crippen LogP contribution is 2.30. The molecule has 4 aromatic carbocycles. The highest BCUT2D eigenvalue weighted by atomic mass is 32.2. The summed E-state index contributed by atoms with van der Waals surface area (Å²) in [4.78, 5) is 0. The number of rotatable bonds is 8. The number of anilines is 2. The molecule has 4 N–H and O–H groups in total. The van der Waals surface area contributed by atoms with Crippen molar-refractivity contribution in [2.24, 2.45) is 0 Å². The lowest BCUT2D eigenvalue weighted by molar-refractivity contribution is 0.475. The molecule has 10 heteroatoms. The summed E-state index contributed by atoms with van der Waals surface area (Å²) in [5.41, 5.74) is 6.29. The normalized spacial score (nSPS) is 12.8. The number of hydrogen-bond donors (Lipinski definition) is 4. The summed E-state index contributed by atoms with van der Waals surface area (Å²) in [5, 5.41) is 18.8. The second kappa shape index (κ2) is 10.0. The molecule has 0 saturated carbocycles. The maximum atomic E-state index is 12.7. The summed E-state index contributed by atoms with van der Waals surface area (Å²) in [7, 11) is -7.32. The Morgan fingerprint density at radius 2 is 0.895 bits per heavy atom.